The van der Waals surface area contributed by atoms with E-state index in [1.54, 1.807) is 7.11 Å². The second kappa shape index (κ2) is 14.9. The van der Waals surface area contributed by atoms with E-state index in [0.29, 0.717) is 6.61 Å². The quantitative estimate of drug-likeness (QED) is 0.168. The fraction of sp³-hybridized carbons (Fsp3) is 0.489. The fourth-order valence-electron chi connectivity index (χ4n) is 11.1. The van der Waals surface area contributed by atoms with Gasteiger partial charge in [-0.3, -0.25) is 9.05 Å². The summed E-state index contributed by atoms with van der Waals surface area (Å²) >= 11 is 0. The van der Waals surface area contributed by atoms with Gasteiger partial charge < -0.3 is 31.0 Å². The van der Waals surface area contributed by atoms with Crippen LogP contribution in [0.15, 0.2) is 65.3 Å². The molecule has 0 spiro atoms. The maximum Gasteiger partial charge on any atom is 0.387 e. The average Bonchev–Trinajstić information content (AvgIpc) is 3.38. The molecule has 4 aliphatic carbocycles. The van der Waals surface area contributed by atoms with Crippen molar-refractivity contribution in [2.45, 2.75) is 133 Å². The van der Waals surface area contributed by atoms with Gasteiger partial charge in [-0.1, -0.05) is 24.3 Å². The molecule has 11 heteroatoms. The molecule has 0 amide bonds. The summed E-state index contributed by atoms with van der Waals surface area (Å²) in [5, 5.41) is 4.78. The lowest BCUT2D eigenvalue weighted by molar-refractivity contribution is -0.232. The van der Waals surface area contributed by atoms with Crippen molar-refractivity contribution in [2.24, 2.45) is 0 Å². The first-order chi connectivity index (χ1) is 28.7. The number of benzene rings is 4. The number of hydrogen-bond acceptors (Lipinski definition) is 9. The van der Waals surface area contributed by atoms with Crippen molar-refractivity contribution in [1.29, 1.82) is 0 Å². The Bertz CT molecular complexity index is 2530. The Morgan fingerprint density at radius 1 is 0.466 bits per heavy atom. The molecule has 2 aliphatic heterocycles. The van der Waals surface area contributed by atoms with Crippen LogP contribution in [0.5, 0.6) is 0 Å². The molecule has 2 aromatic heterocycles. The highest BCUT2D eigenvalue weighted by molar-refractivity contribution is 7.32. The highest BCUT2D eigenvalue weighted by Gasteiger charge is 2.55. The topological polar surface area (TPSA) is 98.7 Å². The first-order valence-electron chi connectivity index (χ1n) is 21.7. The van der Waals surface area contributed by atoms with Crippen LogP contribution in [-0.2, 0) is 65.6 Å². The molecule has 0 radical (unpaired) electrons. The Morgan fingerprint density at radius 3 is 1.21 bits per heavy atom. The predicted octanol–water partition coefficient (Wildman–Crippen LogP) is 11.5. The summed E-state index contributed by atoms with van der Waals surface area (Å²) in [6, 6.07) is 17.5. The maximum absolute atomic E-state index is 6.94. The van der Waals surface area contributed by atoms with E-state index >= 15 is 0 Å². The van der Waals surface area contributed by atoms with Crippen LogP contribution in [0.4, 0.5) is 0 Å². The van der Waals surface area contributed by atoms with Gasteiger partial charge in [0.15, 0.2) is 12.4 Å². The van der Waals surface area contributed by atoms with E-state index < -0.39 is 47.2 Å². The molecule has 0 saturated carbocycles. The SMILES string of the molecule is CO[C@@H]1O[C@H]2CO[C@H]([C@@H]1Op1oc3ccc4c(c3c3c5c(ccc3o1)CCCC5)CCCC4)[C@@H]2Op1oc2ccc3c(c2c2c4c(ccc2o1)CCCC4)CCCC3. The lowest BCUT2D eigenvalue weighted by Gasteiger charge is -2.37. The van der Waals surface area contributed by atoms with E-state index in [-0.39, 0.29) is 0 Å². The third kappa shape index (κ3) is 6.06. The normalized spacial score (nSPS) is 25.1. The van der Waals surface area contributed by atoms with E-state index in [1.807, 2.05) is 0 Å². The smallest absolute Gasteiger partial charge is 0.387 e. The van der Waals surface area contributed by atoms with Crippen LogP contribution < -0.4 is 9.05 Å². The molecule has 5 atom stereocenters. The van der Waals surface area contributed by atoms with Gasteiger partial charge in [-0.25, -0.2) is 0 Å². The molecule has 9 nitrogen and oxygen atoms in total. The van der Waals surface area contributed by atoms with Gasteiger partial charge in [0.2, 0.25) is 0 Å². The molecule has 4 aromatic carbocycles. The van der Waals surface area contributed by atoms with Gasteiger partial charge in [-0.05, 0) is 172 Å². The van der Waals surface area contributed by atoms with E-state index in [2.05, 4.69) is 48.5 Å². The van der Waals surface area contributed by atoms with Gasteiger partial charge in [-0.2, -0.15) is 0 Å². The van der Waals surface area contributed by atoms with Crippen molar-refractivity contribution in [3.8, 4) is 0 Å². The second-order valence-electron chi connectivity index (χ2n) is 17.2. The molecule has 58 heavy (non-hydrogen) atoms. The molecule has 2 saturated heterocycles. The van der Waals surface area contributed by atoms with Crippen molar-refractivity contribution in [2.75, 3.05) is 13.7 Å². The van der Waals surface area contributed by atoms with E-state index in [1.165, 1.54) is 117 Å². The van der Waals surface area contributed by atoms with Gasteiger partial charge >= 0.3 is 16.5 Å². The lowest BCUT2D eigenvalue weighted by Crippen LogP contribution is -2.57. The molecule has 6 aromatic rings. The number of methoxy groups -OCH3 is 1. The Labute approximate surface area is 339 Å². The Balaban J connectivity index is 0.959. The van der Waals surface area contributed by atoms with Crippen LogP contribution in [0, 0.1) is 0 Å². The summed E-state index contributed by atoms with van der Waals surface area (Å²) in [6.45, 7) is 0.329. The van der Waals surface area contributed by atoms with E-state index in [4.69, 9.17) is 40.0 Å². The van der Waals surface area contributed by atoms with Gasteiger partial charge in [0.05, 0.1) is 6.61 Å². The first kappa shape index (κ1) is 36.3. The van der Waals surface area contributed by atoms with Gasteiger partial charge in [0, 0.05) is 28.7 Å². The molecule has 2 fully saturated rings. The summed E-state index contributed by atoms with van der Waals surface area (Å²) in [6.07, 6.45) is 15.2. The molecule has 2 bridgehead atoms. The number of rotatable bonds is 5. The Morgan fingerprint density at radius 2 is 0.828 bits per heavy atom. The molecular weight excluding hydrogens is 770 g/mol. The van der Waals surface area contributed by atoms with Crippen molar-refractivity contribution in [3.05, 3.63) is 93.0 Å². The molecule has 12 rings (SSSR count). The van der Waals surface area contributed by atoms with Crippen LogP contribution in [-0.4, -0.2) is 44.4 Å². The molecule has 0 N–H and O–H groups in total. The first-order valence-corrected chi connectivity index (χ1v) is 23.9. The minimum absolute atomic E-state index is 0.329. The predicted molar refractivity (Wildman–Crippen MR) is 225 cm³/mol. The highest BCUT2D eigenvalue weighted by Crippen LogP contribution is 2.47. The molecule has 0 unspecified atom stereocenters. The minimum atomic E-state index is -1.94. The maximum atomic E-state index is 6.94. The van der Waals surface area contributed by atoms with Crippen molar-refractivity contribution in [1.82, 2.24) is 0 Å². The highest BCUT2D eigenvalue weighted by atomic mass is 31.1. The van der Waals surface area contributed by atoms with Crippen molar-refractivity contribution < 1.29 is 40.0 Å². The summed E-state index contributed by atoms with van der Waals surface area (Å²) in [5.41, 5.74) is 14.6. The third-order valence-electron chi connectivity index (χ3n) is 13.9. The number of fused-ring (bicyclic) bond motifs is 16. The zero-order valence-corrected chi connectivity index (χ0v) is 34.9. The summed E-state index contributed by atoms with van der Waals surface area (Å²) in [7, 11) is -2.19. The largest absolute Gasteiger partial charge is 0.399 e. The zero-order chi connectivity index (χ0) is 38.3. The van der Waals surface area contributed by atoms with E-state index in [9.17, 15) is 0 Å². The zero-order valence-electron chi connectivity index (χ0n) is 33.1. The third-order valence-corrected chi connectivity index (χ3v) is 16.1. The molecular formula is C47H50O9P2. The van der Waals surface area contributed by atoms with Crippen LogP contribution in [0.25, 0.3) is 43.9 Å². The van der Waals surface area contributed by atoms with E-state index in [0.717, 1.165) is 73.7 Å². The second-order valence-corrected chi connectivity index (χ2v) is 19.2. The van der Waals surface area contributed by atoms with Crippen molar-refractivity contribution >= 4 is 60.4 Å². The fourth-order valence-corrected chi connectivity index (χ4v) is 13.5. The van der Waals surface area contributed by atoms with Crippen molar-refractivity contribution in [3.63, 3.8) is 0 Å². The van der Waals surface area contributed by atoms with Gasteiger partial charge in [0.1, 0.15) is 40.6 Å². The number of ether oxygens (including phenoxy) is 3. The van der Waals surface area contributed by atoms with Crippen LogP contribution in [0.2, 0.25) is 0 Å². The summed E-state index contributed by atoms with van der Waals surface area (Å²) < 4.78 is 60.2. The van der Waals surface area contributed by atoms with Gasteiger partial charge in [0.25, 0.3) is 0 Å². The molecule has 4 heterocycles. The summed E-state index contributed by atoms with van der Waals surface area (Å²) in [5.74, 6) is 0. The van der Waals surface area contributed by atoms with Gasteiger partial charge in [-0.15, -0.1) is 0 Å². The van der Waals surface area contributed by atoms with Crippen LogP contribution in [0.1, 0.15) is 95.9 Å². The standard InChI is InChI=1S/C47H50O9P2/c1-48-47-46(56-58-53-37-24-20-29-12-4-8-16-33(29)42(37)43-34-17-9-5-13-30(34)21-25-38(43)54-58)45-44(39(50-47)26-49-45)55-57-51-35-22-18-27-10-2-6-14-31(27)40(35)41-32-15-7-3-11-28(32)19-23-36(41)52-57/h18-25,39,44-47H,2-17,26H2,1H3/t39-,44+,45-,46-,47+/m0/s1. The average molecular weight is 821 g/mol. The molecule has 6 aliphatic rings. The van der Waals surface area contributed by atoms with Crippen LogP contribution >= 0.6 is 16.5 Å². The Hall–Kier alpha value is -3.52. The minimum Gasteiger partial charge on any atom is -0.399 e. The summed E-state index contributed by atoms with van der Waals surface area (Å²) in [4.78, 5) is 0. The Kier molecular flexibility index (Phi) is 9.33. The van der Waals surface area contributed by atoms with Crippen LogP contribution in [0.3, 0.4) is 0 Å². The number of aryl methyl sites for hydroxylation is 8. The molecule has 302 valence electrons. The monoisotopic (exact) mass is 820 g/mol. The lowest BCUT2D eigenvalue weighted by atomic mass is 9.84. The number of hydrogen-bond donors (Lipinski definition) is 0.